The van der Waals surface area contributed by atoms with Gasteiger partial charge in [-0.3, -0.25) is 14.6 Å². The number of carbonyl (C=O) groups excluding carboxylic acids is 2. The molecule has 3 heterocycles. The number of hydrogen-bond acceptors (Lipinski definition) is 7. The summed E-state index contributed by atoms with van der Waals surface area (Å²) in [7, 11) is 0. The van der Waals surface area contributed by atoms with Crippen molar-refractivity contribution >= 4 is 46.0 Å². The molecule has 2 aromatic heterocycles. The number of anilines is 2. The van der Waals surface area contributed by atoms with E-state index in [0.717, 1.165) is 22.7 Å². The Bertz CT molecular complexity index is 1310. The van der Waals surface area contributed by atoms with Crippen LogP contribution < -0.4 is 16.0 Å². The summed E-state index contributed by atoms with van der Waals surface area (Å²) in [4.78, 5) is 33.8. The van der Waals surface area contributed by atoms with Crippen LogP contribution >= 0.6 is 11.8 Å². The second-order valence-corrected chi connectivity index (χ2v) is 9.70. The molecule has 0 bridgehead atoms. The van der Waals surface area contributed by atoms with Gasteiger partial charge >= 0.3 is 0 Å². The Morgan fingerprint density at radius 2 is 2.09 bits per heavy atom. The lowest BCUT2D eigenvalue weighted by atomic mass is 9.83. The predicted octanol–water partition coefficient (Wildman–Crippen LogP) is 3.21. The van der Waals surface area contributed by atoms with Crippen LogP contribution in [0.3, 0.4) is 0 Å². The molecule has 1 saturated carbocycles. The zero-order valence-corrected chi connectivity index (χ0v) is 19.4. The molecule has 1 aliphatic heterocycles. The highest BCUT2D eigenvalue weighted by Crippen LogP contribution is 2.31. The molecule has 182 valence electrons. The largest absolute Gasteiger partial charge is 0.391 e. The summed E-state index contributed by atoms with van der Waals surface area (Å²) < 4.78 is 27.7. The first kappa shape index (κ1) is 23.6. The van der Waals surface area contributed by atoms with Gasteiger partial charge in [0, 0.05) is 36.2 Å². The molecular formula is C24H23F2N5O3S. The Kier molecular flexibility index (Phi) is 6.63. The van der Waals surface area contributed by atoms with Crippen LogP contribution in [0.15, 0.2) is 41.4 Å². The van der Waals surface area contributed by atoms with Gasteiger partial charge in [0.25, 0.3) is 0 Å². The van der Waals surface area contributed by atoms with Gasteiger partial charge in [-0.05, 0) is 43.5 Å². The molecule has 11 heteroatoms. The number of amides is 2. The maximum absolute atomic E-state index is 14.0. The molecule has 1 fully saturated rings. The SMILES string of the molecule is O=C1CSc2ccc(CN[C@@H]3CC[C@@H](C(=O)Nc4ccnc5c(F)cc(F)cc45)C[C@H]3O)nc2N1. The van der Waals surface area contributed by atoms with Crippen molar-refractivity contribution in [1.82, 2.24) is 15.3 Å². The standard InChI is InChI=1S/C24H23F2N5O3S/c25-13-8-15-17(5-6-27-22(15)16(26)9-13)30-24(34)12-1-3-18(19(32)7-12)28-10-14-2-4-20-23(29-14)31-21(33)11-35-20/h2,4-6,8-9,12,18-19,28,32H,1,3,7,10-11H2,(H,27,30,34)(H,29,31,33)/t12-,18-,19-/m1/s1. The van der Waals surface area contributed by atoms with Gasteiger partial charge in [0.15, 0.2) is 5.82 Å². The first-order valence-corrected chi connectivity index (χ1v) is 12.2. The van der Waals surface area contributed by atoms with Gasteiger partial charge in [0.2, 0.25) is 11.8 Å². The maximum atomic E-state index is 14.0. The quantitative estimate of drug-likeness (QED) is 0.426. The number of thioether (sulfide) groups is 1. The number of halogens is 2. The molecule has 1 aromatic carbocycles. The van der Waals surface area contributed by atoms with Gasteiger partial charge in [-0.25, -0.2) is 13.8 Å². The molecule has 1 aliphatic carbocycles. The van der Waals surface area contributed by atoms with E-state index < -0.39 is 23.7 Å². The van der Waals surface area contributed by atoms with E-state index in [1.165, 1.54) is 24.0 Å². The molecule has 0 unspecified atom stereocenters. The van der Waals surface area contributed by atoms with Gasteiger partial charge in [0.1, 0.15) is 17.2 Å². The Labute approximate surface area is 203 Å². The van der Waals surface area contributed by atoms with E-state index in [2.05, 4.69) is 25.9 Å². The summed E-state index contributed by atoms with van der Waals surface area (Å²) in [5.41, 5.74) is 0.991. The summed E-state index contributed by atoms with van der Waals surface area (Å²) in [6, 6.07) is 6.96. The van der Waals surface area contributed by atoms with E-state index >= 15 is 0 Å². The fourth-order valence-corrected chi connectivity index (χ4v) is 5.24. The van der Waals surface area contributed by atoms with Crippen LogP contribution in [0.2, 0.25) is 0 Å². The number of aromatic nitrogens is 2. The zero-order chi connectivity index (χ0) is 24.5. The van der Waals surface area contributed by atoms with Crippen molar-refractivity contribution < 1.29 is 23.5 Å². The van der Waals surface area contributed by atoms with E-state index in [1.807, 2.05) is 12.1 Å². The van der Waals surface area contributed by atoms with Crippen LogP contribution in [0.25, 0.3) is 10.9 Å². The Hall–Kier alpha value is -3.15. The van der Waals surface area contributed by atoms with Crippen LogP contribution in [-0.4, -0.2) is 44.8 Å². The molecule has 3 atom stereocenters. The molecular weight excluding hydrogens is 476 g/mol. The summed E-state index contributed by atoms with van der Waals surface area (Å²) in [5.74, 6) is -1.47. The lowest BCUT2D eigenvalue weighted by molar-refractivity contribution is -0.122. The number of pyridine rings is 2. The molecule has 0 spiro atoms. The highest BCUT2D eigenvalue weighted by molar-refractivity contribution is 8.00. The van der Waals surface area contributed by atoms with Crippen LogP contribution in [0.1, 0.15) is 25.0 Å². The second kappa shape index (κ2) is 9.84. The third kappa shape index (κ3) is 5.12. The second-order valence-electron chi connectivity index (χ2n) is 8.68. The average molecular weight is 500 g/mol. The van der Waals surface area contributed by atoms with E-state index in [4.69, 9.17) is 0 Å². The Morgan fingerprint density at radius 1 is 1.23 bits per heavy atom. The Balaban J connectivity index is 1.19. The van der Waals surface area contributed by atoms with Crippen molar-refractivity contribution in [2.75, 3.05) is 16.4 Å². The molecule has 0 saturated heterocycles. The molecule has 5 rings (SSSR count). The lowest BCUT2D eigenvalue weighted by Crippen LogP contribution is -2.46. The third-order valence-electron chi connectivity index (χ3n) is 6.29. The van der Waals surface area contributed by atoms with Crippen molar-refractivity contribution in [2.24, 2.45) is 5.92 Å². The molecule has 8 nitrogen and oxygen atoms in total. The number of nitrogens with zero attached hydrogens (tertiary/aromatic N) is 2. The predicted molar refractivity (Wildman–Crippen MR) is 128 cm³/mol. The highest BCUT2D eigenvalue weighted by atomic mass is 32.2. The van der Waals surface area contributed by atoms with Crippen molar-refractivity contribution in [1.29, 1.82) is 0 Å². The fourth-order valence-electron chi connectivity index (χ4n) is 4.48. The van der Waals surface area contributed by atoms with Crippen molar-refractivity contribution in [3.05, 3.63) is 53.9 Å². The first-order valence-electron chi connectivity index (χ1n) is 11.3. The smallest absolute Gasteiger partial charge is 0.235 e. The fraction of sp³-hybridized carbons (Fsp3) is 0.333. The molecule has 35 heavy (non-hydrogen) atoms. The van der Waals surface area contributed by atoms with E-state index in [9.17, 15) is 23.5 Å². The Morgan fingerprint density at radius 3 is 2.91 bits per heavy atom. The summed E-state index contributed by atoms with van der Waals surface area (Å²) in [5, 5.41) is 19.7. The monoisotopic (exact) mass is 499 g/mol. The van der Waals surface area contributed by atoms with E-state index in [1.54, 1.807) is 0 Å². The number of hydrogen-bond donors (Lipinski definition) is 4. The van der Waals surface area contributed by atoms with Crippen molar-refractivity contribution in [3.63, 3.8) is 0 Å². The van der Waals surface area contributed by atoms with Gasteiger partial charge in [-0.2, -0.15) is 0 Å². The molecule has 2 amide bonds. The van der Waals surface area contributed by atoms with E-state index in [0.29, 0.717) is 31.0 Å². The third-order valence-corrected chi connectivity index (χ3v) is 7.33. The number of nitrogens with one attached hydrogen (secondary N) is 3. The zero-order valence-electron chi connectivity index (χ0n) is 18.6. The number of aliphatic hydroxyl groups excluding tert-OH is 1. The van der Waals surface area contributed by atoms with Gasteiger partial charge in [-0.15, -0.1) is 11.8 Å². The molecule has 4 N–H and O–H groups in total. The number of benzene rings is 1. The van der Waals surface area contributed by atoms with Gasteiger partial charge in [-0.1, -0.05) is 0 Å². The van der Waals surface area contributed by atoms with Gasteiger partial charge < -0.3 is 21.1 Å². The maximum Gasteiger partial charge on any atom is 0.235 e. The minimum Gasteiger partial charge on any atom is -0.391 e. The molecule has 2 aliphatic rings. The van der Waals surface area contributed by atoms with Crippen LogP contribution in [0, 0.1) is 17.6 Å². The molecule has 0 radical (unpaired) electrons. The minimum absolute atomic E-state index is 0.0221. The number of rotatable bonds is 5. The van der Waals surface area contributed by atoms with E-state index in [-0.39, 0.29) is 40.9 Å². The van der Waals surface area contributed by atoms with Crippen LogP contribution in [0.4, 0.5) is 20.3 Å². The normalized spacial score (nSPS) is 21.9. The topological polar surface area (TPSA) is 116 Å². The number of aliphatic hydroxyl groups is 1. The summed E-state index contributed by atoms with van der Waals surface area (Å²) in [6.45, 7) is 0.409. The number of carbonyl (C=O) groups is 2. The first-order chi connectivity index (χ1) is 16.9. The van der Waals surface area contributed by atoms with Crippen molar-refractivity contribution in [3.8, 4) is 0 Å². The van der Waals surface area contributed by atoms with Gasteiger partial charge in [0.05, 0.1) is 28.1 Å². The summed E-state index contributed by atoms with van der Waals surface area (Å²) in [6.07, 6.45) is 1.96. The highest BCUT2D eigenvalue weighted by Gasteiger charge is 2.33. The van der Waals surface area contributed by atoms with Crippen LogP contribution in [-0.2, 0) is 16.1 Å². The molecule has 3 aromatic rings. The average Bonchev–Trinajstić information content (AvgIpc) is 2.83. The lowest BCUT2D eigenvalue weighted by Gasteiger charge is -2.33. The number of fused-ring (bicyclic) bond motifs is 2. The van der Waals surface area contributed by atoms with Crippen molar-refractivity contribution in [2.45, 2.75) is 42.8 Å². The minimum atomic E-state index is -0.798. The van der Waals surface area contributed by atoms with Crippen LogP contribution in [0.5, 0.6) is 0 Å². The summed E-state index contributed by atoms with van der Waals surface area (Å²) >= 11 is 1.44.